The Labute approximate surface area is 115 Å². The monoisotopic (exact) mass is 270 g/mol. The number of nitrogens with one attached hydrogen (secondary N) is 1. The number of rotatable bonds is 6. The third-order valence-corrected chi connectivity index (χ3v) is 3.37. The third-order valence-electron chi connectivity index (χ3n) is 3.37. The van der Waals surface area contributed by atoms with Crippen molar-refractivity contribution in [3.63, 3.8) is 0 Å². The molecule has 2 amide bonds. The largest absolute Gasteiger partial charge is 0.375 e. The maximum atomic E-state index is 12.1. The number of amides is 2. The minimum Gasteiger partial charge on any atom is -0.375 e. The van der Waals surface area contributed by atoms with E-state index >= 15 is 0 Å². The molecule has 2 atom stereocenters. The summed E-state index contributed by atoms with van der Waals surface area (Å²) in [6.07, 6.45) is 3.52. The second-order valence-electron chi connectivity index (χ2n) is 5.33. The van der Waals surface area contributed by atoms with Crippen LogP contribution in [0.1, 0.15) is 46.5 Å². The molecule has 1 saturated heterocycles. The first-order valence-electron chi connectivity index (χ1n) is 7.16. The van der Waals surface area contributed by atoms with Crippen molar-refractivity contribution in [2.45, 2.75) is 58.6 Å². The molecule has 0 spiro atoms. The number of carbonyl (C=O) groups excluding carboxylic acids is 2. The topological polar surface area (TPSA) is 58.6 Å². The van der Waals surface area contributed by atoms with Crippen molar-refractivity contribution in [2.24, 2.45) is 0 Å². The molecule has 0 radical (unpaired) electrons. The van der Waals surface area contributed by atoms with Crippen molar-refractivity contribution in [3.8, 4) is 0 Å². The molecule has 0 bridgehead atoms. The van der Waals surface area contributed by atoms with E-state index in [1.54, 1.807) is 0 Å². The molecule has 19 heavy (non-hydrogen) atoms. The van der Waals surface area contributed by atoms with Gasteiger partial charge >= 0.3 is 0 Å². The zero-order valence-electron chi connectivity index (χ0n) is 12.3. The molecule has 1 N–H and O–H groups in total. The van der Waals surface area contributed by atoms with Gasteiger partial charge in [0.25, 0.3) is 0 Å². The molecule has 0 aliphatic carbocycles. The van der Waals surface area contributed by atoms with Gasteiger partial charge < -0.3 is 15.0 Å². The van der Waals surface area contributed by atoms with Gasteiger partial charge in [-0.05, 0) is 26.7 Å². The Hall–Kier alpha value is -1.10. The van der Waals surface area contributed by atoms with E-state index in [4.69, 9.17) is 4.74 Å². The smallest absolute Gasteiger partial charge is 0.222 e. The van der Waals surface area contributed by atoms with Gasteiger partial charge in [-0.2, -0.15) is 0 Å². The Bertz CT molecular complexity index is 307. The highest BCUT2D eigenvalue weighted by Crippen LogP contribution is 2.14. The van der Waals surface area contributed by atoms with E-state index in [1.165, 1.54) is 6.92 Å². The Kier molecular flexibility index (Phi) is 6.84. The van der Waals surface area contributed by atoms with Crippen LogP contribution >= 0.6 is 0 Å². The molecule has 5 heteroatoms. The molecular weight excluding hydrogens is 244 g/mol. The van der Waals surface area contributed by atoms with Gasteiger partial charge in [-0.15, -0.1) is 0 Å². The quantitative estimate of drug-likeness (QED) is 0.741. The maximum Gasteiger partial charge on any atom is 0.222 e. The van der Waals surface area contributed by atoms with Crippen LogP contribution in [-0.4, -0.2) is 48.6 Å². The first kappa shape index (κ1) is 16.0. The van der Waals surface area contributed by atoms with E-state index < -0.39 is 0 Å². The predicted octanol–water partition coefficient (Wildman–Crippen LogP) is 1.32. The Morgan fingerprint density at radius 1 is 1.26 bits per heavy atom. The molecule has 0 aromatic rings. The average molecular weight is 270 g/mol. The first-order chi connectivity index (χ1) is 9.00. The molecular formula is C14H26N2O3. The lowest BCUT2D eigenvalue weighted by Crippen LogP contribution is -2.50. The molecule has 1 fully saturated rings. The van der Waals surface area contributed by atoms with Gasteiger partial charge in [0.15, 0.2) is 0 Å². The van der Waals surface area contributed by atoms with Crippen LogP contribution in [0.4, 0.5) is 0 Å². The van der Waals surface area contributed by atoms with Crippen molar-refractivity contribution in [1.82, 2.24) is 10.2 Å². The van der Waals surface area contributed by atoms with Crippen molar-refractivity contribution in [3.05, 3.63) is 0 Å². The van der Waals surface area contributed by atoms with E-state index in [9.17, 15) is 9.59 Å². The number of hydrogen-bond acceptors (Lipinski definition) is 3. The third kappa shape index (κ3) is 6.05. The molecule has 0 saturated carbocycles. The van der Waals surface area contributed by atoms with E-state index in [1.807, 2.05) is 18.7 Å². The van der Waals surface area contributed by atoms with Crippen LogP contribution in [0.2, 0.25) is 0 Å². The zero-order chi connectivity index (χ0) is 14.3. The lowest BCUT2D eigenvalue weighted by Gasteiger charge is -2.36. The van der Waals surface area contributed by atoms with Crippen molar-refractivity contribution in [1.29, 1.82) is 0 Å². The highest BCUT2D eigenvalue weighted by molar-refractivity contribution is 5.76. The van der Waals surface area contributed by atoms with Crippen LogP contribution in [0.25, 0.3) is 0 Å². The fraction of sp³-hybridized carbons (Fsp3) is 0.857. The Morgan fingerprint density at radius 3 is 2.68 bits per heavy atom. The summed E-state index contributed by atoms with van der Waals surface area (Å²) < 4.78 is 5.52. The number of ether oxygens (including phenoxy) is 1. The Morgan fingerprint density at radius 2 is 2.00 bits per heavy atom. The highest BCUT2D eigenvalue weighted by atomic mass is 16.5. The van der Waals surface area contributed by atoms with Gasteiger partial charge in [0.05, 0.1) is 18.8 Å². The molecule has 1 aliphatic rings. The van der Waals surface area contributed by atoms with Crippen molar-refractivity contribution >= 4 is 11.8 Å². The molecule has 0 aromatic heterocycles. The summed E-state index contributed by atoms with van der Waals surface area (Å²) in [6.45, 7) is 7.58. The van der Waals surface area contributed by atoms with Gasteiger partial charge in [0.1, 0.15) is 0 Å². The second-order valence-corrected chi connectivity index (χ2v) is 5.33. The molecule has 1 rings (SSSR count). The molecule has 110 valence electrons. The minimum atomic E-state index is 0.00667. The van der Waals surface area contributed by atoms with Gasteiger partial charge in [-0.25, -0.2) is 0 Å². The van der Waals surface area contributed by atoms with E-state index in [0.717, 1.165) is 19.3 Å². The SMILES string of the molecule is CC(=O)NCCCCCC(=O)N1C[C@H](C)OC[C@@H]1C. The standard InChI is InChI=1S/C14H26N2O3/c1-11-10-19-12(2)9-16(11)14(18)7-5-4-6-8-15-13(3)17/h11-12H,4-10H2,1-3H3,(H,15,17)/t11-,12-/m0/s1. The summed E-state index contributed by atoms with van der Waals surface area (Å²) >= 11 is 0. The summed E-state index contributed by atoms with van der Waals surface area (Å²) in [5, 5.41) is 2.76. The minimum absolute atomic E-state index is 0.00667. The fourth-order valence-electron chi connectivity index (χ4n) is 2.24. The van der Waals surface area contributed by atoms with E-state index in [-0.39, 0.29) is 24.0 Å². The number of morpholine rings is 1. The van der Waals surface area contributed by atoms with Crippen LogP contribution in [-0.2, 0) is 14.3 Å². The normalized spacial score (nSPS) is 23.2. The first-order valence-corrected chi connectivity index (χ1v) is 7.16. The van der Waals surface area contributed by atoms with Crippen LogP contribution in [0.3, 0.4) is 0 Å². The van der Waals surface area contributed by atoms with E-state index in [2.05, 4.69) is 5.32 Å². The zero-order valence-corrected chi connectivity index (χ0v) is 12.3. The van der Waals surface area contributed by atoms with Gasteiger partial charge in [0.2, 0.25) is 11.8 Å². The van der Waals surface area contributed by atoms with Gasteiger partial charge in [-0.1, -0.05) is 6.42 Å². The number of nitrogens with zero attached hydrogens (tertiary/aromatic N) is 1. The fourth-order valence-corrected chi connectivity index (χ4v) is 2.24. The summed E-state index contributed by atoms with van der Waals surface area (Å²) in [6, 6.07) is 0.183. The van der Waals surface area contributed by atoms with Crippen LogP contribution in [0, 0.1) is 0 Å². The summed E-state index contributed by atoms with van der Waals surface area (Å²) in [4.78, 5) is 24.7. The van der Waals surface area contributed by atoms with Crippen LogP contribution < -0.4 is 5.32 Å². The highest BCUT2D eigenvalue weighted by Gasteiger charge is 2.26. The molecule has 1 heterocycles. The van der Waals surface area contributed by atoms with Crippen molar-refractivity contribution < 1.29 is 14.3 Å². The molecule has 0 unspecified atom stereocenters. The van der Waals surface area contributed by atoms with Crippen LogP contribution in [0.5, 0.6) is 0 Å². The summed E-state index contributed by atoms with van der Waals surface area (Å²) in [7, 11) is 0. The molecule has 0 aromatic carbocycles. The molecule has 1 aliphatic heterocycles. The lowest BCUT2D eigenvalue weighted by molar-refractivity contribution is -0.143. The van der Waals surface area contributed by atoms with Gasteiger partial charge in [0, 0.05) is 26.4 Å². The predicted molar refractivity (Wildman–Crippen MR) is 73.7 cm³/mol. The summed E-state index contributed by atoms with van der Waals surface area (Å²) in [5.74, 6) is 0.231. The molecule has 5 nitrogen and oxygen atoms in total. The number of unbranched alkanes of at least 4 members (excludes halogenated alkanes) is 2. The van der Waals surface area contributed by atoms with Crippen LogP contribution in [0.15, 0.2) is 0 Å². The average Bonchev–Trinajstić information content (AvgIpc) is 2.36. The second kappa shape index (κ2) is 8.15. The number of hydrogen-bond donors (Lipinski definition) is 1. The number of carbonyl (C=O) groups is 2. The van der Waals surface area contributed by atoms with Gasteiger partial charge in [-0.3, -0.25) is 9.59 Å². The summed E-state index contributed by atoms with van der Waals surface area (Å²) in [5.41, 5.74) is 0. The van der Waals surface area contributed by atoms with E-state index in [0.29, 0.717) is 26.1 Å². The maximum absolute atomic E-state index is 12.1. The lowest BCUT2D eigenvalue weighted by atomic mass is 10.1. The Balaban J connectivity index is 2.14. The van der Waals surface area contributed by atoms with Crippen molar-refractivity contribution in [2.75, 3.05) is 19.7 Å².